The fourth-order valence-electron chi connectivity index (χ4n) is 4.89. The van der Waals surface area contributed by atoms with Crippen molar-refractivity contribution >= 4 is 44.4 Å². The molecule has 0 unspecified atom stereocenters. The van der Waals surface area contributed by atoms with Crippen molar-refractivity contribution in [2.24, 2.45) is 0 Å². The summed E-state index contributed by atoms with van der Waals surface area (Å²) in [4.78, 5) is 41.7. The highest BCUT2D eigenvalue weighted by Crippen LogP contribution is 2.37. The molecule has 1 aliphatic rings. The highest BCUT2D eigenvalue weighted by molar-refractivity contribution is 7.16. The highest BCUT2D eigenvalue weighted by Gasteiger charge is 2.31. The Morgan fingerprint density at radius 1 is 1.11 bits per heavy atom. The normalized spacial score (nSPS) is 16.4. The van der Waals surface area contributed by atoms with E-state index >= 15 is 0 Å². The number of rotatable bonds is 6. The van der Waals surface area contributed by atoms with Gasteiger partial charge >= 0.3 is 0 Å². The fraction of sp³-hybridized carbons (Fsp3) is 0.346. The molecule has 1 aromatic carbocycles. The molecule has 5 aromatic rings. The van der Waals surface area contributed by atoms with Gasteiger partial charge in [0, 0.05) is 38.4 Å². The van der Waals surface area contributed by atoms with Crippen LogP contribution in [0.15, 0.2) is 48.9 Å². The van der Waals surface area contributed by atoms with E-state index in [1.54, 1.807) is 23.9 Å². The molecule has 1 aliphatic heterocycles. The van der Waals surface area contributed by atoms with Crippen LogP contribution in [0.5, 0.6) is 0 Å². The Balaban J connectivity index is 1.23. The maximum atomic E-state index is 13.3. The summed E-state index contributed by atoms with van der Waals surface area (Å²) >= 11 is 1.71. The summed E-state index contributed by atoms with van der Waals surface area (Å²) in [6.07, 6.45) is 3.42. The number of pyridine rings is 1. The number of aromatic nitrogens is 6. The lowest BCUT2D eigenvalue weighted by Crippen LogP contribution is -2.54. The number of aromatic amines is 1. The number of hydrogen-bond acceptors (Lipinski definition) is 8. The molecule has 4 aromatic heterocycles. The molecule has 0 aliphatic carbocycles. The Bertz CT molecular complexity index is 1540. The van der Waals surface area contributed by atoms with Crippen LogP contribution >= 0.6 is 11.3 Å². The summed E-state index contributed by atoms with van der Waals surface area (Å²) in [7, 11) is 4.10. The van der Waals surface area contributed by atoms with Crippen LogP contribution in [0, 0.1) is 0 Å². The van der Waals surface area contributed by atoms with Crippen molar-refractivity contribution in [1.82, 2.24) is 39.3 Å². The quantitative estimate of drug-likeness (QED) is 0.371. The zero-order valence-electron chi connectivity index (χ0n) is 21.1. The monoisotopic (exact) mass is 515 g/mol. The van der Waals surface area contributed by atoms with Gasteiger partial charge in [-0.3, -0.25) is 4.79 Å². The Labute approximate surface area is 218 Å². The third-order valence-electron chi connectivity index (χ3n) is 6.63. The van der Waals surface area contributed by atoms with Crippen LogP contribution in [0.3, 0.4) is 0 Å². The van der Waals surface area contributed by atoms with E-state index in [1.807, 2.05) is 60.0 Å². The van der Waals surface area contributed by atoms with Crippen molar-refractivity contribution in [3.8, 4) is 11.5 Å². The van der Waals surface area contributed by atoms with Gasteiger partial charge in [0.15, 0.2) is 11.5 Å². The molecule has 1 N–H and O–H groups in total. The van der Waals surface area contributed by atoms with Crippen molar-refractivity contribution in [2.45, 2.75) is 26.1 Å². The maximum Gasteiger partial charge on any atom is 0.242 e. The van der Waals surface area contributed by atoms with Gasteiger partial charge in [0.25, 0.3) is 0 Å². The number of nitrogens with zero attached hydrogens (tertiary/aromatic N) is 8. The summed E-state index contributed by atoms with van der Waals surface area (Å²) in [6.45, 7) is 5.20. The van der Waals surface area contributed by atoms with Crippen LogP contribution in [0.4, 0.5) is 5.00 Å². The number of nitrogens with one attached hydrogen (secondary N) is 1. The van der Waals surface area contributed by atoms with Gasteiger partial charge in [0.1, 0.15) is 27.8 Å². The van der Waals surface area contributed by atoms with E-state index in [2.05, 4.69) is 31.7 Å². The molecule has 1 saturated heterocycles. The van der Waals surface area contributed by atoms with Crippen LogP contribution in [0.2, 0.25) is 0 Å². The second-order valence-corrected chi connectivity index (χ2v) is 10.8. The first-order chi connectivity index (χ1) is 18.0. The number of piperazine rings is 1. The zero-order valence-corrected chi connectivity index (χ0v) is 21.9. The van der Waals surface area contributed by atoms with E-state index in [1.165, 1.54) is 0 Å². The largest absolute Gasteiger partial charge is 0.358 e. The number of amides is 1. The lowest BCUT2D eigenvalue weighted by molar-refractivity contribution is -0.134. The summed E-state index contributed by atoms with van der Waals surface area (Å²) in [5.74, 6) is 0.857. The molecule has 6 rings (SSSR count). The number of fused-ring (bicyclic) bond motifs is 2. The minimum absolute atomic E-state index is 0.0481. The molecule has 0 bridgehead atoms. The van der Waals surface area contributed by atoms with Gasteiger partial charge in [-0.2, -0.15) is 0 Å². The lowest BCUT2D eigenvalue weighted by atomic mass is 10.2. The molecule has 0 spiro atoms. The SMILES string of the molecule is C[C@@H]1CN(c2sc(CN(C)C)nc2-c2nc3ccccc3[nH]2)CCN1C(=O)Cn1cnc2cccnc21. The molecule has 0 saturated carbocycles. The summed E-state index contributed by atoms with van der Waals surface area (Å²) in [6, 6.07) is 11.8. The van der Waals surface area contributed by atoms with Gasteiger partial charge < -0.3 is 24.3 Å². The molecule has 5 heterocycles. The smallest absolute Gasteiger partial charge is 0.242 e. The van der Waals surface area contributed by atoms with Crippen molar-refractivity contribution < 1.29 is 4.79 Å². The van der Waals surface area contributed by atoms with Crippen LogP contribution in [-0.4, -0.2) is 85.0 Å². The molecular formula is C26H29N9OS. The van der Waals surface area contributed by atoms with E-state index in [4.69, 9.17) is 9.97 Å². The zero-order chi connectivity index (χ0) is 25.5. The van der Waals surface area contributed by atoms with Crippen molar-refractivity contribution in [2.75, 3.05) is 38.6 Å². The molecule has 11 heteroatoms. The number of carbonyl (C=O) groups is 1. The Hall–Kier alpha value is -3.83. The predicted molar refractivity (Wildman–Crippen MR) is 146 cm³/mol. The lowest BCUT2D eigenvalue weighted by Gasteiger charge is -2.40. The molecular weight excluding hydrogens is 486 g/mol. The first kappa shape index (κ1) is 23.6. The van der Waals surface area contributed by atoms with Crippen molar-refractivity contribution in [3.05, 3.63) is 53.9 Å². The van der Waals surface area contributed by atoms with E-state index in [0.717, 1.165) is 63.4 Å². The Morgan fingerprint density at radius 3 is 2.76 bits per heavy atom. The molecule has 1 fully saturated rings. The molecule has 0 radical (unpaired) electrons. The maximum absolute atomic E-state index is 13.3. The van der Waals surface area contributed by atoms with Crippen molar-refractivity contribution in [1.29, 1.82) is 0 Å². The van der Waals surface area contributed by atoms with Gasteiger partial charge in [-0.25, -0.2) is 19.9 Å². The molecule has 10 nitrogen and oxygen atoms in total. The minimum atomic E-state index is 0.0481. The second kappa shape index (κ2) is 9.56. The molecule has 1 amide bonds. The van der Waals surface area contributed by atoms with Gasteiger partial charge in [-0.05, 0) is 45.3 Å². The van der Waals surface area contributed by atoms with E-state index in [-0.39, 0.29) is 18.5 Å². The first-order valence-electron chi connectivity index (χ1n) is 12.4. The van der Waals surface area contributed by atoms with Gasteiger partial charge in [0.05, 0.1) is 17.4 Å². The van der Waals surface area contributed by atoms with E-state index in [9.17, 15) is 4.79 Å². The van der Waals surface area contributed by atoms with Gasteiger partial charge in [-0.1, -0.05) is 23.5 Å². The number of H-pyrrole nitrogens is 1. The highest BCUT2D eigenvalue weighted by atomic mass is 32.1. The third kappa shape index (κ3) is 4.56. The van der Waals surface area contributed by atoms with Crippen LogP contribution in [0.1, 0.15) is 11.9 Å². The summed E-state index contributed by atoms with van der Waals surface area (Å²) in [5, 5.41) is 2.14. The molecule has 37 heavy (non-hydrogen) atoms. The van der Waals surface area contributed by atoms with Crippen LogP contribution in [0.25, 0.3) is 33.7 Å². The average molecular weight is 516 g/mol. The number of benzene rings is 1. The molecule has 1 atom stereocenters. The van der Waals surface area contributed by atoms with E-state index < -0.39 is 0 Å². The van der Waals surface area contributed by atoms with Crippen LogP contribution < -0.4 is 4.90 Å². The first-order valence-corrected chi connectivity index (χ1v) is 13.2. The fourth-order valence-corrected chi connectivity index (χ4v) is 6.11. The minimum Gasteiger partial charge on any atom is -0.358 e. The number of thiazole rings is 1. The van der Waals surface area contributed by atoms with Crippen molar-refractivity contribution in [3.63, 3.8) is 0 Å². The standard InChI is InChI=1S/C26H29N9OS/c1-17-13-33(11-12-35(17)22(36)15-34-16-28-20-9-6-10-27-25(20)34)26-23(31-21(37-26)14-32(2)3)24-29-18-7-4-5-8-19(18)30-24/h4-10,16-17H,11-15H2,1-3H3,(H,29,30)/t17-/m1/s1. The van der Waals surface area contributed by atoms with Gasteiger partial charge in [0.2, 0.25) is 5.91 Å². The topological polar surface area (TPSA) is 99.1 Å². The number of hydrogen-bond donors (Lipinski definition) is 1. The van der Waals surface area contributed by atoms with Crippen LogP contribution in [-0.2, 0) is 17.9 Å². The Kier molecular flexibility index (Phi) is 6.09. The summed E-state index contributed by atoms with van der Waals surface area (Å²) < 4.78 is 1.83. The molecule has 190 valence electrons. The predicted octanol–water partition coefficient (Wildman–Crippen LogP) is 3.23. The number of imidazole rings is 2. The Morgan fingerprint density at radius 2 is 1.95 bits per heavy atom. The number of carbonyl (C=O) groups excluding carboxylic acids is 1. The number of anilines is 1. The average Bonchev–Trinajstić information content (AvgIpc) is 3.60. The third-order valence-corrected chi connectivity index (χ3v) is 7.73. The second-order valence-electron chi connectivity index (χ2n) is 9.70. The van der Waals surface area contributed by atoms with Gasteiger partial charge in [-0.15, -0.1) is 0 Å². The summed E-state index contributed by atoms with van der Waals surface area (Å²) in [5.41, 5.74) is 4.33. The van der Waals surface area contributed by atoms with E-state index in [0.29, 0.717) is 6.54 Å². The number of para-hydroxylation sites is 2.